The molecule has 2 rings (SSSR count). The standard InChI is InChI=1S/C15H31N3O2S/c1-4-16-10-15-6-5-9-17(11-15)21(19,20)18(13(2)3)12-14-7-8-14/h13-16H,4-12H2,1-3H3. The summed E-state index contributed by atoms with van der Waals surface area (Å²) in [4.78, 5) is 0. The Hall–Kier alpha value is -0.170. The minimum Gasteiger partial charge on any atom is -0.317 e. The van der Waals surface area contributed by atoms with Crippen LogP contribution in [0.1, 0.15) is 46.5 Å². The van der Waals surface area contributed by atoms with Crippen molar-refractivity contribution in [2.24, 2.45) is 11.8 Å². The zero-order chi connectivity index (χ0) is 15.5. The third-order valence-electron chi connectivity index (χ3n) is 4.50. The molecule has 5 nitrogen and oxygen atoms in total. The monoisotopic (exact) mass is 317 g/mol. The highest BCUT2D eigenvalue weighted by Crippen LogP contribution is 2.32. The van der Waals surface area contributed by atoms with Crippen LogP contribution in [0.4, 0.5) is 0 Å². The van der Waals surface area contributed by atoms with Gasteiger partial charge >= 0.3 is 0 Å². The van der Waals surface area contributed by atoms with Gasteiger partial charge in [0, 0.05) is 25.7 Å². The fourth-order valence-corrected chi connectivity index (χ4v) is 5.01. The molecule has 1 atom stereocenters. The van der Waals surface area contributed by atoms with Crippen LogP contribution < -0.4 is 5.32 Å². The SMILES string of the molecule is CCNCC1CCCN(S(=O)(=O)N(CC2CC2)C(C)C)C1. The average Bonchev–Trinajstić information content (AvgIpc) is 3.26. The maximum absolute atomic E-state index is 12.9. The summed E-state index contributed by atoms with van der Waals surface area (Å²) in [5.74, 6) is 1.04. The van der Waals surface area contributed by atoms with Crippen molar-refractivity contribution in [3.63, 3.8) is 0 Å². The quantitative estimate of drug-likeness (QED) is 0.741. The molecule has 1 aliphatic carbocycles. The molecule has 0 radical (unpaired) electrons. The molecular formula is C15H31N3O2S. The van der Waals surface area contributed by atoms with E-state index in [9.17, 15) is 8.42 Å². The fourth-order valence-electron chi connectivity index (χ4n) is 3.03. The predicted octanol–water partition coefficient (Wildman–Crippen LogP) is 1.67. The van der Waals surface area contributed by atoms with E-state index in [-0.39, 0.29) is 6.04 Å². The van der Waals surface area contributed by atoms with Gasteiger partial charge in [-0.05, 0) is 64.5 Å². The topological polar surface area (TPSA) is 52.7 Å². The van der Waals surface area contributed by atoms with Crippen LogP contribution in [-0.4, -0.2) is 55.8 Å². The van der Waals surface area contributed by atoms with Crippen LogP contribution in [0.25, 0.3) is 0 Å². The van der Waals surface area contributed by atoms with Crippen molar-refractivity contribution in [2.75, 3.05) is 32.7 Å². The smallest absolute Gasteiger partial charge is 0.282 e. The van der Waals surface area contributed by atoms with Gasteiger partial charge in [0.2, 0.25) is 0 Å². The third-order valence-corrected chi connectivity index (χ3v) is 6.65. The van der Waals surface area contributed by atoms with Gasteiger partial charge in [0.25, 0.3) is 10.2 Å². The molecule has 0 aromatic carbocycles. The molecule has 1 N–H and O–H groups in total. The maximum atomic E-state index is 12.9. The van der Waals surface area contributed by atoms with Gasteiger partial charge in [-0.3, -0.25) is 0 Å². The second kappa shape index (κ2) is 7.40. The van der Waals surface area contributed by atoms with Crippen molar-refractivity contribution in [2.45, 2.75) is 52.5 Å². The molecule has 124 valence electrons. The van der Waals surface area contributed by atoms with Gasteiger partial charge in [0.15, 0.2) is 0 Å². The van der Waals surface area contributed by atoms with E-state index in [0.717, 1.165) is 25.9 Å². The summed E-state index contributed by atoms with van der Waals surface area (Å²) in [5.41, 5.74) is 0. The lowest BCUT2D eigenvalue weighted by molar-refractivity contribution is 0.232. The van der Waals surface area contributed by atoms with E-state index in [4.69, 9.17) is 0 Å². The summed E-state index contributed by atoms with van der Waals surface area (Å²) >= 11 is 0. The van der Waals surface area contributed by atoms with E-state index in [1.54, 1.807) is 8.61 Å². The molecule has 21 heavy (non-hydrogen) atoms. The van der Waals surface area contributed by atoms with Gasteiger partial charge in [-0.15, -0.1) is 0 Å². The lowest BCUT2D eigenvalue weighted by Gasteiger charge is -2.37. The first-order valence-corrected chi connectivity index (χ1v) is 9.82. The summed E-state index contributed by atoms with van der Waals surface area (Å²) in [6, 6.07) is 0.0461. The van der Waals surface area contributed by atoms with E-state index in [0.29, 0.717) is 31.5 Å². The molecule has 1 saturated carbocycles. The molecule has 2 fully saturated rings. The Bertz CT molecular complexity index is 421. The van der Waals surface area contributed by atoms with E-state index >= 15 is 0 Å². The molecule has 1 unspecified atom stereocenters. The predicted molar refractivity (Wildman–Crippen MR) is 86.3 cm³/mol. The molecule has 0 bridgehead atoms. The summed E-state index contributed by atoms with van der Waals surface area (Å²) in [5, 5.41) is 3.35. The van der Waals surface area contributed by atoms with Crippen molar-refractivity contribution in [1.82, 2.24) is 13.9 Å². The second-order valence-corrected chi connectivity index (χ2v) is 8.67. The van der Waals surface area contributed by atoms with Crippen molar-refractivity contribution >= 4 is 10.2 Å². The Morgan fingerprint density at radius 1 is 1.24 bits per heavy atom. The molecular weight excluding hydrogens is 286 g/mol. The van der Waals surface area contributed by atoms with Crippen molar-refractivity contribution in [3.05, 3.63) is 0 Å². The molecule has 0 aromatic rings. The highest BCUT2D eigenvalue weighted by Gasteiger charge is 2.37. The lowest BCUT2D eigenvalue weighted by Crippen LogP contribution is -2.51. The van der Waals surface area contributed by atoms with E-state index in [1.165, 1.54) is 12.8 Å². The molecule has 0 spiro atoms. The van der Waals surface area contributed by atoms with Crippen molar-refractivity contribution in [3.8, 4) is 0 Å². The van der Waals surface area contributed by atoms with Crippen LogP contribution in [-0.2, 0) is 10.2 Å². The molecule has 0 amide bonds. The first kappa shape index (κ1) is 17.2. The van der Waals surface area contributed by atoms with Crippen LogP contribution in [0.5, 0.6) is 0 Å². The van der Waals surface area contributed by atoms with Crippen LogP contribution >= 0.6 is 0 Å². The van der Waals surface area contributed by atoms with Crippen LogP contribution in [0.15, 0.2) is 0 Å². The Morgan fingerprint density at radius 3 is 2.52 bits per heavy atom. The van der Waals surface area contributed by atoms with E-state index in [2.05, 4.69) is 12.2 Å². The number of rotatable bonds is 8. The molecule has 6 heteroatoms. The van der Waals surface area contributed by atoms with Gasteiger partial charge in [-0.2, -0.15) is 17.0 Å². The van der Waals surface area contributed by atoms with Crippen LogP contribution in [0.2, 0.25) is 0 Å². The molecule has 1 heterocycles. The number of nitrogens with one attached hydrogen (secondary N) is 1. The molecule has 1 aliphatic heterocycles. The second-order valence-electron chi connectivity index (χ2n) is 6.79. The van der Waals surface area contributed by atoms with Gasteiger partial charge < -0.3 is 5.32 Å². The zero-order valence-electron chi connectivity index (χ0n) is 13.7. The first-order chi connectivity index (χ1) is 9.95. The number of hydrogen-bond donors (Lipinski definition) is 1. The Balaban J connectivity index is 2.01. The average molecular weight is 317 g/mol. The lowest BCUT2D eigenvalue weighted by atomic mass is 10.00. The highest BCUT2D eigenvalue weighted by atomic mass is 32.2. The van der Waals surface area contributed by atoms with Gasteiger partial charge in [-0.1, -0.05) is 6.92 Å². The van der Waals surface area contributed by atoms with Crippen LogP contribution in [0.3, 0.4) is 0 Å². The fraction of sp³-hybridized carbons (Fsp3) is 1.00. The summed E-state index contributed by atoms with van der Waals surface area (Å²) < 4.78 is 29.3. The normalized spacial score (nSPS) is 24.9. The largest absolute Gasteiger partial charge is 0.317 e. The minimum atomic E-state index is -3.30. The summed E-state index contributed by atoms with van der Waals surface area (Å²) in [7, 11) is -3.30. The number of piperidine rings is 1. The first-order valence-electron chi connectivity index (χ1n) is 8.42. The Morgan fingerprint density at radius 2 is 1.95 bits per heavy atom. The van der Waals surface area contributed by atoms with Crippen LogP contribution in [0, 0.1) is 11.8 Å². The molecule has 2 aliphatic rings. The van der Waals surface area contributed by atoms with E-state index in [1.807, 2.05) is 13.8 Å². The van der Waals surface area contributed by atoms with Crippen molar-refractivity contribution in [1.29, 1.82) is 0 Å². The molecule has 0 aromatic heterocycles. The highest BCUT2D eigenvalue weighted by molar-refractivity contribution is 7.86. The Labute approximate surface area is 130 Å². The Kier molecular flexibility index (Phi) is 6.05. The summed E-state index contributed by atoms with van der Waals surface area (Å²) in [6.07, 6.45) is 4.47. The van der Waals surface area contributed by atoms with Crippen molar-refractivity contribution < 1.29 is 8.42 Å². The maximum Gasteiger partial charge on any atom is 0.282 e. The van der Waals surface area contributed by atoms with Gasteiger partial charge in [-0.25, -0.2) is 0 Å². The minimum absolute atomic E-state index is 0.0461. The molecule has 1 saturated heterocycles. The number of nitrogens with zero attached hydrogens (tertiary/aromatic N) is 2. The third kappa shape index (κ3) is 4.65. The zero-order valence-corrected chi connectivity index (χ0v) is 14.5. The van der Waals surface area contributed by atoms with E-state index < -0.39 is 10.2 Å². The number of hydrogen-bond acceptors (Lipinski definition) is 3. The van der Waals surface area contributed by atoms with Gasteiger partial charge in [0.05, 0.1) is 0 Å². The summed E-state index contributed by atoms with van der Waals surface area (Å²) in [6.45, 7) is 9.99. The van der Waals surface area contributed by atoms with Gasteiger partial charge in [0.1, 0.15) is 0 Å².